The zero-order valence-electron chi connectivity index (χ0n) is 17.6. The van der Waals surface area contributed by atoms with E-state index in [2.05, 4.69) is 33.5 Å². The summed E-state index contributed by atoms with van der Waals surface area (Å²) < 4.78 is 0. The first kappa shape index (κ1) is 21.5. The molecule has 1 amide bonds. The van der Waals surface area contributed by atoms with Gasteiger partial charge in [-0.15, -0.1) is 0 Å². The van der Waals surface area contributed by atoms with Gasteiger partial charge in [0.15, 0.2) is 0 Å². The molecule has 0 saturated carbocycles. The van der Waals surface area contributed by atoms with E-state index in [1.807, 2.05) is 35.4 Å². The summed E-state index contributed by atoms with van der Waals surface area (Å²) in [6.07, 6.45) is 8.88. The number of nitrogens with one attached hydrogen (secondary N) is 1. The highest BCUT2D eigenvalue weighted by molar-refractivity contribution is 6.30. The lowest BCUT2D eigenvalue weighted by atomic mass is 10.0. The number of pyridine rings is 2. The molecule has 1 aliphatic heterocycles. The second kappa shape index (κ2) is 10.5. The monoisotopic (exact) mass is 434 g/mol. The molecular formula is C25H27ClN4O. The Morgan fingerprint density at radius 2 is 1.81 bits per heavy atom. The second-order valence-corrected chi connectivity index (χ2v) is 8.30. The van der Waals surface area contributed by atoms with Crippen LogP contribution in [-0.2, 0) is 30.5 Å². The third-order valence-corrected chi connectivity index (χ3v) is 5.96. The van der Waals surface area contributed by atoms with Crippen molar-refractivity contribution in [2.45, 2.75) is 25.7 Å². The molecule has 0 spiro atoms. The van der Waals surface area contributed by atoms with Crippen molar-refractivity contribution in [3.63, 3.8) is 0 Å². The molecule has 160 valence electrons. The van der Waals surface area contributed by atoms with Crippen molar-refractivity contribution in [1.29, 1.82) is 0 Å². The van der Waals surface area contributed by atoms with Crippen LogP contribution in [-0.4, -0.2) is 47.0 Å². The first-order valence-corrected chi connectivity index (χ1v) is 11.1. The fourth-order valence-electron chi connectivity index (χ4n) is 4.01. The topological polar surface area (TPSA) is 58.1 Å². The second-order valence-electron chi connectivity index (χ2n) is 7.87. The molecule has 1 N–H and O–H groups in total. The molecule has 1 fully saturated rings. The first-order valence-electron chi connectivity index (χ1n) is 10.8. The molecule has 1 saturated heterocycles. The lowest BCUT2D eigenvalue weighted by molar-refractivity contribution is -0.131. The Morgan fingerprint density at radius 1 is 1.00 bits per heavy atom. The highest BCUT2D eigenvalue weighted by Crippen LogP contribution is 2.25. The molecular weight excluding hydrogens is 408 g/mol. The Balaban J connectivity index is 0.000000150. The number of benzene rings is 1. The van der Waals surface area contributed by atoms with E-state index in [0.29, 0.717) is 6.42 Å². The Labute approximate surface area is 188 Å². The molecule has 1 aliphatic carbocycles. The van der Waals surface area contributed by atoms with E-state index in [-0.39, 0.29) is 5.91 Å². The van der Waals surface area contributed by atoms with Crippen molar-refractivity contribution < 1.29 is 4.79 Å². The molecule has 6 heteroatoms. The zero-order chi connectivity index (χ0) is 21.5. The van der Waals surface area contributed by atoms with Gasteiger partial charge >= 0.3 is 0 Å². The van der Waals surface area contributed by atoms with Gasteiger partial charge in [0.25, 0.3) is 0 Å². The first-order chi connectivity index (χ1) is 15.2. The van der Waals surface area contributed by atoms with E-state index in [0.717, 1.165) is 56.0 Å². The lowest BCUT2D eigenvalue weighted by Gasteiger charge is -2.27. The third-order valence-electron chi connectivity index (χ3n) is 5.72. The number of halogens is 1. The Kier molecular flexibility index (Phi) is 7.28. The minimum Gasteiger partial charge on any atom is -0.340 e. The Hall–Kier alpha value is -2.76. The average molecular weight is 435 g/mol. The number of hydrogen-bond acceptors (Lipinski definition) is 4. The van der Waals surface area contributed by atoms with Crippen LogP contribution in [0.5, 0.6) is 0 Å². The van der Waals surface area contributed by atoms with Crippen LogP contribution in [0, 0.1) is 0 Å². The zero-order valence-corrected chi connectivity index (χ0v) is 18.3. The largest absolute Gasteiger partial charge is 0.340 e. The van der Waals surface area contributed by atoms with Crippen molar-refractivity contribution >= 4 is 17.5 Å². The number of carbonyl (C=O) groups excluding carboxylic acids is 1. The number of amides is 1. The quantitative estimate of drug-likeness (QED) is 0.670. The van der Waals surface area contributed by atoms with Gasteiger partial charge in [-0.2, -0.15) is 0 Å². The van der Waals surface area contributed by atoms with Gasteiger partial charge in [-0.3, -0.25) is 14.8 Å². The van der Waals surface area contributed by atoms with Crippen molar-refractivity contribution in [3.8, 4) is 0 Å². The fourth-order valence-corrected chi connectivity index (χ4v) is 4.21. The number of hydrogen-bond donors (Lipinski definition) is 1. The fraction of sp³-hybridized carbons (Fsp3) is 0.320. The maximum absolute atomic E-state index is 11.8. The van der Waals surface area contributed by atoms with Crippen molar-refractivity contribution in [2.24, 2.45) is 0 Å². The van der Waals surface area contributed by atoms with Crippen molar-refractivity contribution in [3.05, 3.63) is 94.0 Å². The van der Waals surface area contributed by atoms with Gasteiger partial charge in [0.1, 0.15) is 0 Å². The summed E-state index contributed by atoms with van der Waals surface area (Å²) in [6.45, 7) is 3.44. The maximum Gasteiger partial charge on any atom is 0.227 e. The van der Waals surface area contributed by atoms with E-state index in [9.17, 15) is 4.79 Å². The van der Waals surface area contributed by atoms with E-state index < -0.39 is 0 Å². The minimum absolute atomic E-state index is 0.199. The summed E-state index contributed by atoms with van der Waals surface area (Å²) in [4.78, 5) is 22.2. The van der Waals surface area contributed by atoms with Gasteiger partial charge in [-0.25, -0.2) is 0 Å². The Bertz CT molecular complexity index is 1020. The van der Waals surface area contributed by atoms with Gasteiger partial charge in [-0.05, 0) is 59.4 Å². The predicted molar refractivity (Wildman–Crippen MR) is 123 cm³/mol. The van der Waals surface area contributed by atoms with Gasteiger partial charge in [0.2, 0.25) is 5.91 Å². The molecule has 0 unspecified atom stereocenters. The summed E-state index contributed by atoms with van der Waals surface area (Å²) in [5.41, 5.74) is 6.30. The number of carbonyl (C=O) groups is 1. The summed E-state index contributed by atoms with van der Waals surface area (Å²) in [6, 6.07) is 14.2. The molecule has 5 rings (SSSR count). The number of rotatable bonds is 2. The number of aromatic nitrogens is 2. The standard InChI is InChI=1S/C14H12ClN.C11H15N3O/c15-13-6-5-12-9-14-10(2-1-7-16-14)3-4-11(12)8-13;15-11(14-6-4-12-5-7-14)8-10-2-1-3-13-9-10/h1-2,5-8H,3-4,9H2;1-3,9,12H,4-8H2. The summed E-state index contributed by atoms with van der Waals surface area (Å²) in [7, 11) is 0. The van der Waals surface area contributed by atoms with Gasteiger partial charge < -0.3 is 10.2 Å². The van der Waals surface area contributed by atoms with E-state index in [1.165, 1.54) is 22.4 Å². The van der Waals surface area contributed by atoms with Gasteiger partial charge in [0, 0.05) is 61.9 Å². The highest BCUT2D eigenvalue weighted by atomic mass is 35.5. The number of nitrogens with zero attached hydrogens (tertiary/aromatic N) is 3. The third kappa shape index (κ3) is 5.90. The molecule has 3 heterocycles. The van der Waals surface area contributed by atoms with Crippen LogP contribution in [0.4, 0.5) is 0 Å². The van der Waals surface area contributed by atoms with Crippen LogP contribution in [0.1, 0.15) is 27.9 Å². The smallest absolute Gasteiger partial charge is 0.227 e. The summed E-state index contributed by atoms with van der Waals surface area (Å²) in [5, 5.41) is 4.06. The highest BCUT2D eigenvalue weighted by Gasteiger charge is 2.16. The van der Waals surface area contributed by atoms with Crippen LogP contribution in [0.2, 0.25) is 5.02 Å². The van der Waals surface area contributed by atoms with E-state index in [1.54, 1.807) is 12.4 Å². The van der Waals surface area contributed by atoms with E-state index >= 15 is 0 Å². The van der Waals surface area contributed by atoms with E-state index in [4.69, 9.17) is 11.6 Å². The molecule has 2 aromatic heterocycles. The Morgan fingerprint density at radius 3 is 2.61 bits per heavy atom. The van der Waals surface area contributed by atoms with Crippen LogP contribution in [0.25, 0.3) is 0 Å². The predicted octanol–water partition coefficient (Wildman–Crippen LogP) is 3.48. The van der Waals surface area contributed by atoms with Crippen LogP contribution < -0.4 is 5.32 Å². The summed E-state index contributed by atoms with van der Waals surface area (Å²) >= 11 is 6.03. The van der Waals surface area contributed by atoms with Crippen molar-refractivity contribution in [2.75, 3.05) is 26.2 Å². The van der Waals surface area contributed by atoms with Crippen LogP contribution >= 0.6 is 11.6 Å². The van der Waals surface area contributed by atoms with Crippen LogP contribution in [0.3, 0.4) is 0 Å². The van der Waals surface area contributed by atoms with Gasteiger partial charge in [0.05, 0.1) is 6.42 Å². The normalized spacial score (nSPS) is 15.1. The molecule has 31 heavy (non-hydrogen) atoms. The number of aryl methyl sites for hydroxylation is 2. The molecule has 2 aliphatic rings. The lowest BCUT2D eigenvalue weighted by Crippen LogP contribution is -2.46. The average Bonchev–Trinajstić information content (AvgIpc) is 3.00. The van der Waals surface area contributed by atoms with Gasteiger partial charge in [-0.1, -0.05) is 29.8 Å². The number of fused-ring (bicyclic) bond motifs is 2. The SMILES string of the molecule is Clc1ccc2c(c1)CCc1cccnc1C2.O=C(Cc1cccnc1)N1CCNCC1. The molecule has 0 radical (unpaired) electrons. The molecule has 3 aromatic rings. The summed E-state index contributed by atoms with van der Waals surface area (Å²) in [5.74, 6) is 0.199. The van der Waals surface area contributed by atoms with Crippen LogP contribution in [0.15, 0.2) is 61.1 Å². The molecule has 5 nitrogen and oxygen atoms in total. The molecule has 1 aromatic carbocycles. The van der Waals surface area contributed by atoms with Crippen molar-refractivity contribution in [1.82, 2.24) is 20.2 Å². The minimum atomic E-state index is 0.199. The number of piperazine rings is 1. The maximum atomic E-state index is 11.8. The molecule has 0 atom stereocenters. The molecule has 0 bridgehead atoms.